The first-order valence-corrected chi connectivity index (χ1v) is 7.73. The molecule has 26 heavy (non-hydrogen) atoms. The minimum absolute atomic E-state index is 0.0148. The molecule has 0 spiro atoms. The highest BCUT2D eigenvalue weighted by Gasteiger charge is 2.37. The lowest BCUT2D eigenvalue weighted by Gasteiger charge is -2.29. The van der Waals surface area contributed by atoms with Crippen molar-refractivity contribution in [2.45, 2.75) is 32.5 Å². The third-order valence-electron chi connectivity index (χ3n) is 3.29. The van der Waals surface area contributed by atoms with E-state index in [-0.39, 0.29) is 11.3 Å². The van der Waals surface area contributed by atoms with Gasteiger partial charge in [-0.05, 0) is 45.0 Å². The van der Waals surface area contributed by atoms with E-state index in [9.17, 15) is 23.2 Å². The number of carbonyl (C=O) groups is 1. The van der Waals surface area contributed by atoms with E-state index in [1.165, 1.54) is 36.4 Å². The summed E-state index contributed by atoms with van der Waals surface area (Å²) in [5.74, 6) is 0. The largest absolute Gasteiger partial charge is 0.443 e. The lowest BCUT2D eigenvalue weighted by molar-refractivity contribution is -0.137. The van der Waals surface area contributed by atoms with Gasteiger partial charge < -0.3 is 4.74 Å². The Kier molecular flexibility index (Phi) is 5.26. The minimum atomic E-state index is -4.68. The highest BCUT2D eigenvalue weighted by Crippen LogP contribution is 2.40. The number of nitrogens with zero attached hydrogens (tertiary/aromatic N) is 2. The van der Waals surface area contributed by atoms with E-state index >= 15 is 0 Å². The lowest BCUT2D eigenvalue weighted by Crippen LogP contribution is -2.35. The Morgan fingerprint density at radius 1 is 1.00 bits per heavy atom. The molecule has 0 atom stereocenters. The zero-order chi connectivity index (χ0) is 19.5. The minimum Gasteiger partial charge on any atom is -0.443 e. The van der Waals surface area contributed by atoms with E-state index in [0.717, 1.165) is 11.0 Å². The second kappa shape index (κ2) is 7.08. The zero-order valence-corrected chi connectivity index (χ0v) is 14.5. The summed E-state index contributed by atoms with van der Waals surface area (Å²) in [5, 5.41) is 9.31. The maximum atomic E-state index is 13.5. The van der Waals surface area contributed by atoms with Crippen LogP contribution < -0.4 is 4.90 Å². The van der Waals surface area contributed by atoms with Crippen molar-refractivity contribution in [3.05, 3.63) is 59.7 Å². The fraction of sp³-hybridized carbons (Fsp3) is 0.263. The van der Waals surface area contributed by atoms with Crippen molar-refractivity contribution in [1.82, 2.24) is 0 Å². The summed E-state index contributed by atoms with van der Waals surface area (Å²) in [4.78, 5) is 13.5. The van der Waals surface area contributed by atoms with Crippen LogP contribution in [0.15, 0.2) is 48.5 Å². The maximum absolute atomic E-state index is 13.5. The van der Waals surface area contributed by atoms with E-state index in [1.807, 2.05) is 6.07 Å². The third-order valence-corrected chi connectivity index (χ3v) is 3.29. The number of halogens is 3. The summed E-state index contributed by atoms with van der Waals surface area (Å²) < 4.78 is 45.7. The second-order valence-electron chi connectivity index (χ2n) is 6.46. The topological polar surface area (TPSA) is 53.3 Å². The fourth-order valence-corrected chi connectivity index (χ4v) is 2.31. The Morgan fingerprint density at radius 3 is 2.08 bits per heavy atom. The monoisotopic (exact) mass is 362 g/mol. The normalized spacial score (nSPS) is 11.6. The van der Waals surface area contributed by atoms with Gasteiger partial charge in [0.15, 0.2) is 0 Å². The summed E-state index contributed by atoms with van der Waals surface area (Å²) in [6.45, 7) is 4.82. The molecule has 2 rings (SSSR count). The van der Waals surface area contributed by atoms with Gasteiger partial charge in [0.25, 0.3) is 0 Å². The summed E-state index contributed by atoms with van der Waals surface area (Å²) in [6.07, 6.45) is -5.68. The Balaban J connectivity index is 2.71. The SMILES string of the molecule is CC(C)(C)OC(=O)N(c1ccccc1C#N)c1ccccc1C(F)(F)F. The molecule has 0 heterocycles. The van der Waals surface area contributed by atoms with Gasteiger partial charge in [-0.15, -0.1) is 0 Å². The average molecular weight is 362 g/mol. The van der Waals surface area contributed by atoms with Crippen molar-refractivity contribution >= 4 is 17.5 Å². The molecule has 0 unspecified atom stereocenters. The number of hydrogen-bond donors (Lipinski definition) is 0. The van der Waals surface area contributed by atoms with E-state index in [4.69, 9.17) is 4.74 Å². The molecule has 2 aromatic carbocycles. The van der Waals surface area contributed by atoms with Crippen LogP contribution in [-0.4, -0.2) is 11.7 Å². The molecular weight excluding hydrogens is 345 g/mol. The predicted octanol–water partition coefficient (Wildman–Crippen LogP) is 5.65. The van der Waals surface area contributed by atoms with E-state index in [0.29, 0.717) is 0 Å². The second-order valence-corrected chi connectivity index (χ2v) is 6.46. The molecule has 0 fully saturated rings. The van der Waals surface area contributed by atoms with Crippen molar-refractivity contribution < 1.29 is 22.7 Å². The van der Waals surface area contributed by atoms with E-state index in [1.54, 1.807) is 26.8 Å². The van der Waals surface area contributed by atoms with Gasteiger partial charge in [-0.1, -0.05) is 24.3 Å². The number of rotatable bonds is 2. The highest BCUT2D eigenvalue weighted by molar-refractivity contribution is 5.98. The van der Waals surface area contributed by atoms with Crippen LogP contribution in [0.1, 0.15) is 31.9 Å². The number of para-hydroxylation sites is 2. The Bertz CT molecular complexity index is 849. The smallest absolute Gasteiger partial charge is 0.419 e. The van der Waals surface area contributed by atoms with Gasteiger partial charge >= 0.3 is 12.3 Å². The molecule has 2 aromatic rings. The van der Waals surface area contributed by atoms with Gasteiger partial charge in [0.1, 0.15) is 11.7 Å². The first-order chi connectivity index (χ1) is 12.0. The number of hydrogen-bond acceptors (Lipinski definition) is 3. The molecule has 0 bridgehead atoms. The van der Waals surface area contributed by atoms with Crippen LogP contribution in [0.2, 0.25) is 0 Å². The number of benzene rings is 2. The van der Waals surface area contributed by atoms with Crippen molar-refractivity contribution in [1.29, 1.82) is 5.26 Å². The number of amides is 1. The fourth-order valence-electron chi connectivity index (χ4n) is 2.31. The van der Waals surface area contributed by atoms with Gasteiger partial charge in [0.2, 0.25) is 0 Å². The van der Waals surface area contributed by atoms with Gasteiger partial charge in [0.05, 0.1) is 22.5 Å². The van der Waals surface area contributed by atoms with E-state index in [2.05, 4.69) is 0 Å². The van der Waals surface area contributed by atoms with Crippen molar-refractivity contribution in [2.75, 3.05) is 4.90 Å². The molecule has 4 nitrogen and oxygen atoms in total. The third kappa shape index (κ3) is 4.33. The van der Waals surface area contributed by atoms with Crippen LogP contribution in [-0.2, 0) is 10.9 Å². The van der Waals surface area contributed by atoms with E-state index < -0.39 is 29.1 Å². The molecule has 0 aliphatic heterocycles. The summed E-state index contributed by atoms with van der Waals surface area (Å²) >= 11 is 0. The Labute approximate surface area is 149 Å². The van der Waals surface area contributed by atoms with Crippen LogP contribution in [0.5, 0.6) is 0 Å². The quantitative estimate of drug-likeness (QED) is 0.694. The molecule has 0 aromatic heterocycles. The molecule has 0 radical (unpaired) electrons. The average Bonchev–Trinajstić information content (AvgIpc) is 2.53. The first kappa shape index (κ1) is 19.3. The van der Waals surface area contributed by atoms with Gasteiger partial charge in [-0.25, -0.2) is 9.69 Å². The lowest BCUT2D eigenvalue weighted by atomic mass is 10.1. The van der Waals surface area contributed by atoms with Crippen LogP contribution in [0.25, 0.3) is 0 Å². The molecule has 136 valence electrons. The number of carbonyl (C=O) groups excluding carboxylic acids is 1. The molecule has 0 saturated heterocycles. The van der Waals surface area contributed by atoms with Crippen LogP contribution in [0.3, 0.4) is 0 Å². The molecule has 1 amide bonds. The number of alkyl halides is 3. The molecule has 7 heteroatoms. The Hall–Kier alpha value is -3.01. The predicted molar refractivity (Wildman–Crippen MR) is 91.0 cm³/mol. The summed E-state index contributed by atoms with van der Waals surface area (Å²) in [6, 6.07) is 12.5. The molecular formula is C19H17F3N2O2. The molecule has 0 saturated carbocycles. The van der Waals surface area contributed by atoms with Crippen molar-refractivity contribution in [3.63, 3.8) is 0 Å². The van der Waals surface area contributed by atoms with Crippen molar-refractivity contribution in [2.24, 2.45) is 0 Å². The molecule has 0 N–H and O–H groups in total. The van der Waals surface area contributed by atoms with Gasteiger partial charge in [-0.2, -0.15) is 18.4 Å². The molecule has 0 aliphatic carbocycles. The van der Waals surface area contributed by atoms with Crippen molar-refractivity contribution in [3.8, 4) is 6.07 Å². The number of nitriles is 1. The molecule has 0 aliphatic rings. The number of anilines is 2. The zero-order valence-electron chi connectivity index (χ0n) is 14.5. The summed E-state index contributed by atoms with van der Waals surface area (Å²) in [5.41, 5.74) is -2.27. The standard InChI is InChI=1S/C19H17F3N2O2/c1-18(2,3)26-17(25)24(15-10-6-4-8-13(15)12-23)16-11-7-5-9-14(16)19(20,21)22/h4-11H,1-3H3. The van der Waals surface area contributed by atoms with Crippen LogP contribution in [0, 0.1) is 11.3 Å². The maximum Gasteiger partial charge on any atom is 0.419 e. The number of ether oxygens (including phenoxy) is 1. The van der Waals surface area contributed by atoms with Gasteiger partial charge in [-0.3, -0.25) is 0 Å². The summed E-state index contributed by atoms with van der Waals surface area (Å²) in [7, 11) is 0. The first-order valence-electron chi connectivity index (χ1n) is 7.73. The van der Waals surface area contributed by atoms with Crippen LogP contribution >= 0.6 is 0 Å². The highest BCUT2D eigenvalue weighted by atomic mass is 19.4. The Morgan fingerprint density at radius 2 is 1.54 bits per heavy atom. The van der Waals surface area contributed by atoms with Gasteiger partial charge in [0, 0.05) is 0 Å². The van der Waals surface area contributed by atoms with Crippen LogP contribution in [0.4, 0.5) is 29.3 Å².